The number of aliphatic hydroxyl groups is 1. The average molecular weight is 642 g/mol. The van der Waals surface area contributed by atoms with E-state index in [1.165, 1.54) is 13.3 Å². The van der Waals surface area contributed by atoms with Gasteiger partial charge in [-0.05, 0) is 23.8 Å². The number of carbonyl (C=O) groups excluding carboxylic acids is 1. The van der Waals surface area contributed by atoms with Crippen LogP contribution in [-0.2, 0) is 23.4 Å². The lowest BCUT2D eigenvalue weighted by atomic mass is 9.99. The number of esters is 1. The van der Waals surface area contributed by atoms with Crippen LogP contribution in [0.5, 0.6) is 5.75 Å². The van der Waals surface area contributed by atoms with Crippen LogP contribution < -0.4 is 20.7 Å². The van der Waals surface area contributed by atoms with Crippen molar-refractivity contribution >= 4 is 47.4 Å². The van der Waals surface area contributed by atoms with Gasteiger partial charge in [0.05, 0.1) is 25.6 Å². The third-order valence-electron chi connectivity index (χ3n) is 7.36. The third kappa shape index (κ3) is 7.21. The Morgan fingerprint density at radius 3 is 2.67 bits per heavy atom. The molecule has 0 spiro atoms. The average Bonchev–Trinajstić information content (AvgIpc) is 3.54. The number of aromatic nitrogens is 4. The number of fused-ring (bicyclic) bond motifs is 2. The number of benzene rings is 2. The van der Waals surface area contributed by atoms with Crippen LogP contribution in [0.25, 0.3) is 21.9 Å². The van der Waals surface area contributed by atoms with Crippen molar-refractivity contribution in [2.45, 2.75) is 59.1 Å². The lowest BCUT2D eigenvalue weighted by molar-refractivity contribution is -0.148. The minimum atomic E-state index is -4.26. The first-order chi connectivity index (χ1) is 21.3. The fourth-order valence-electron chi connectivity index (χ4n) is 5.01. The number of ether oxygens (including phenoxy) is 2. The van der Waals surface area contributed by atoms with Crippen LogP contribution in [-0.4, -0.2) is 69.1 Å². The summed E-state index contributed by atoms with van der Waals surface area (Å²) in [6.45, 7) is 8.98. The van der Waals surface area contributed by atoms with Gasteiger partial charge in [0, 0.05) is 18.4 Å². The van der Waals surface area contributed by atoms with E-state index in [0.29, 0.717) is 28.1 Å². The summed E-state index contributed by atoms with van der Waals surface area (Å²) in [6, 6.07) is 11.7. The number of nitrogens with two attached hydrogens (primary N) is 1. The minimum absolute atomic E-state index is 0.0485. The van der Waals surface area contributed by atoms with Crippen molar-refractivity contribution in [3.63, 3.8) is 0 Å². The second-order valence-corrected chi connectivity index (χ2v) is 14.0. The highest BCUT2D eigenvalue weighted by Crippen LogP contribution is 2.48. The van der Waals surface area contributed by atoms with Crippen molar-refractivity contribution in [2.75, 3.05) is 31.3 Å². The van der Waals surface area contributed by atoms with Gasteiger partial charge in [-0.2, -0.15) is 15.1 Å². The molecule has 2 aromatic carbocycles. The van der Waals surface area contributed by atoms with Crippen molar-refractivity contribution in [1.29, 1.82) is 0 Å². The first-order valence-corrected chi connectivity index (χ1v) is 16.2. The van der Waals surface area contributed by atoms with Crippen molar-refractivity contribution in [1.82, 2.24) is 24.6 Å². The number of hydrogen-bond donors (Lipinski definition) is 4. The van der Waals surface area contributed by atoms with Gasteiger partial charge < -0.3 is 30.2 Å². The monoisotopic (exact) mass is 641 g/mol. The van der Waals surface area contributed by atoms with Gasteiger partial charge in [-0.3, -0.25) is 13.9 Å². The second kappa shape index (κ2) is 12.9. The van der Waals surface area contributed by atoms with E-state index in [1.807, 2.05) is 58.0 Å². The molecule has 1 aliphatic heterocycles. The maximum Gasteiger partial charge on any atom is 0.459 e. The summed E-state index contributed by atoms with van der Waals surface area (Å²) in [5, 5.41) is 18.4. The van der Waals surface area contributed by atoms with Crippen LogP contribution in [0.15, 0.2) is 48.8 Å². The molecule has 0 saturated carbocycles. The van der Waals surface area contributed by atoms with E-state index < -0.39 is 44.1 Å². The van der Waals surface area contributed by atoms with Crippen LogP contribution in [0, 0.1) is 11.3 Å². The molecule has 1 fully saturated rings. The molecule has 2 aromatic heterocycles. The molecule has 0 aliphatic carbocycles. The topological polar surface area (TPSA) is 185 Å². The largest absolute Gasteiger partial charge is 0.464 e. The Balaban J connectivity index is 1.37. The van der Waals surface area contributed by atoms with Crippen molar-refractivity contribution in [3.8, 4) is 5.75 Å². The summed E-state index contributed by atoms with van der Waals surface area (Å²) in [6.07, 6.45) is -1.09. The summed E-state index contributed by atoms with van der Waals surface area (Å²) in [4.78, 5) is 25.7. The molecule has 3 heterocycles. The third-order valence-corrected chi connectivity index (χ3v) is 8.99. The molecule has 45 heavy (non-hydrogen) atoms. The van der Waals surface area contributed by atoms with E-state index in [-0.39, 0.29) is 24.6 Å². The molecule has 15 heteroatoms. The number of carbonyl (C=O) groups is 1. The number of nitrogens with zero attached hydrogens (tertiary/aromatic N) is 4. The van der Waals surface area contributed by atoms with E-state index in [4.69, 9.17) is 24.3 Å². The zero-order chi connectivity index (χ0) is 32.5. The van der Waals surface area contributed by atoms with Crippen molar-refractivity contribution in [3.05, 3.63) is 48.8 Å². The standard InChI is InChI=1S/C30H40N7O7P/c1-17-24(38)22(43-27(17)37-16-33-23-25(32-6)34-29(31)35-26(23)37)14-42-45(40,36-18(2)28(39)41-15-30(3,4)5)44-21-13-9-11-19-10-7-8-12-20(19)21/h7-13,16-18,22,24,27,38H,14-15H2,1-6H3,(H,36,40)(H3,31,32,34,35)/t17-,18+,22+,24-,27+,45+/m0/s1. The second-order valence-electron chi connectivity index (χ2n) is 12.3. The fourth-order valence-corrected chi connectivity index (χ4v) is 6.53. The van der Waals surface area contributed by atoms with Crippen LogP contribution in [0.2, 0.25) is 0 Å². The van der Waals surface area contributed by atoms with Crippen molar-refractivity contribution in [2.24, 2.45) is 11.3 Å². The predicted molar refractivity (Wildman–Crippen MR) is 170 cm³/mol. The summed E-state index contributed by atoms with van der Waals surface area (Å²) >= 11 is 0. The Morgan fingerprint density at radius 2 is 1.93 bits per heavy atom. The van der Waals surface area contributed by atoms with E-state index in [0.717, 1.165) is 5.39 Å². The Labute approximate surface area is 261 Å². The molecule has 5 N–H and O–H groups in total. The highest BCUT2D eigenvalue weighted by Gasteiger charge is 2.44. The van der Waals surface area contributed by atoms with Gasteiger partial charge in [0.25, 0.3) is 0 Å². The Bertz CT molecular complexity index is 1720. The first-order valence-electron chi connectivity index (χ1n) is 14.7. The normalized spacial score (nSPS) is 22.3. The molecule has 0 unspecified atom stereocenters. The van der Waals surface area contributed by atoms with E-state index >= 15 is 0 Å². The maximum absolute atomic E-state index is 14.3. The zero-order valence-corrected chi connectivity index (χ0v) is 27.0. The minimum Gasteiger partial charge on any atom is -0.464 e. The number of aliphatic hydroxyl groups excluding tert-OH is 1. The molecule has 0 bridgehead atoms. The molecular formula is C30H40N7O7P. The van der Waals surface area contributed by atoms with Gasteiger partial charge in [0.15, 0.2) is 17.0 Å². The molecule has 1 aliphatic rings. The summed E-state index contributed by atoms with van der Waals surface area (Å²) in [7, 11) is -2.56. The van der Waals surface area contributed by atoms with Gasteiger partial charge in [0.1, 0.15) is 24.1 Å². The van der Waals surface area contributed by atoms with Crippen LogP contribution in [0.4, 0.5) is 11.8 Å². The molecule has 14 nitrogen and oxygen atoms in total. The van der Waals surface area contributed by atoms with Crippen LogP contribution >= 0.6 is 7.75 Å². The lowest BCUT2D eigenvalue weighted by Crippen LogP contribution is -2.37. The van der Waals surface area contributed by atoms with E-state index in [2.05, 4.69) is 25.4 Å². The maximum atomic E-state index is 14.3. The van der Waals surface area contributed by atoms with Gasteiger partial charge in [-0.25, -0.2) is 9.55 Å². The number of imidazole rings is 1. The van der Waals surface area contributed by atoms with Gasteiger partial charge in [-0.15, -0.1) is 0 Å². The van der Waals surface area contributed by atoms with Crippen molar-refractivity contribution < 1.29 is 33.0 Å². The Kier molecular flexibility index (Phi) is 9.33. The van der Waals surface area contributed by atoms with E-state index in [1.54, 1.807) is 23.7 Å². The molecule has 242 valence electrons. The zero-order valence-electron chi connectivity index (χ0n) is 26.1. The molecule has 0 amide bonds. The number of nitrogens with one attached hydrogen (secondary N) is 2. The lowest BCUT2D eigenvalue weighted by Gasteiger charge is -2.26. The molecule has 6 atom stereocenters. The van der Waals surface area contributed by atoms with Gasteiger partial charge in [-0.1, -0.05) is 64.1 Å². The molecule has 4 aromatic rings. The van der Waals surface area contributed by atoms with E-state index in [9.17, 15) is 14.5 Å². The smallest absolute Gasteiger partial charge is 0.459 e. The fraction of sp³-hybridized carbons (Fsp3) is 0.467. The number of anilines is 2. The summed E-state index contributed by atoms with van der Waals surface area (Å²) < 4.78 is 39.6. The van der Waals surface area contributed by atoms with Crippen LogP contribution in [0.3, 0.4) is 0 Å². The molecule has 0 radical (unpaired) electrons. The molecular weight excluding hydrogens is 601 g/mol. The summed E-state index contributed by atoms with van der Waals surface area (Å²) in [5.74, 6) is -0.263. The van der Waals surface area contributed by atoms with Gasteiger partial charge in [0.2, 0.25) is 5.95 Å². The summed E-state index contributed by atoms with van der Waals surface area (Å²) in [5.41, 5.74) is 6.56. The number of nitrogen functional groups attached to an aromatic ring is 1. The molecule has 1 saturated heterocycles. The SMILES string of the molecule is CNc1nc(N)nc2c1ncn2[C@@H]1O[C@H](CO[P@](=O)(N[C@H](C)C(=O)OCC(C)(C)C)Oc2cccc3ccccc23)[C@@H](O)[C@@H]1C. The quantitative estimate of drug-likeness (QED) is 0.135. The predicted octanol–water partition coefficient (Wildman–Crippen LogP) is 4.27. The number of hydrogen-bond acceptors (Lipinski definition) is 12. The Morgan fingerprint density at radius 1 is 1.20 bits per heavy atom. The Hall–Kier alpha value is -3.81. The molecule has 5 rings (SSSR count). The highest BCUT2D eigenvalue weighted by molar-refractivity contribution is 7.52. The highest BCUT2D eigenvalue weighted by atomic mass is 31.2. The van der Waals surface area contributed by atoms with Gasteiger partial charge >= 0.3 is 13.7 Å². The van der Waals surface area contributed by atoms with Crippen LogP contribution in [0.1, 0.15) is 40.8 Å². The number of rotatable bonds is 11. The first kappa shape index (κ1) is 32.6.